The highest BCUT2D eigenvalue weighted by Crippen LogP contribution is 2.32. The van der Waals surface area contributed by atoms with Crippen molar-refractivity contribution in [3.63, 3.8) is 0 Å². The number of carbonyl (C=O) groups is 1. The van der Waals surface area contributed by atoms with Crippen LogP contribution in [0.2, 0.25) is 0 Å². The number of aromatic nitrogens is 1. The van der Waals surface area contributed by atoms with Crippen LogP contribution in [0.15, 0.2) is 18.3 Å². The van der Waals surface area contributed by atoms with Gasteiger partial charge in [-0.25, -0.2) is 9.78 Å². The highest BCUT2D eigenvalue weighted by atomic mass is 16.4. The van der Waals surface area contributed by atoms with Crippen molar-refractivity contribution in [1.82, 2.24) is 9.88 Å². The minimum absolute atomic E-state index is 0.110. The van der Waals surface area contributed by atoms with Gasteiger partial charge in [-0.3, -0.25) is 4.90 Å². The molecule has 3 N–H and O–H groups in total. The third kappa shape index (κ3) is 1.73. The molecule has 18 heavy (non-hydrogen) atoms. The monoisotopic (exact) mass is 248 g/mol. The molecule has 1 aromatic heterocycles. The molecule has 96 valence electrons. The van der Waals surface area contributed by atoms with Gasteiger partial charge in [-0.05, 0) is 25.0 Å². The molecule has 0 saturated carbocycles. The number of nitrogen functional groups attached to an aromatic ring is 1. The van der Waals surface area contributed by atoms with Gasteiger partial charge in [0.15, 0.2) is 0 Å². The van der Waals surface area contributed by atoms with Crippen molar-refractivity contribution in [3.8, 4) is 0 Å². The minimum Gasteiger partial charge on any atom is -0.465 e. The van der Waals surface area contributed by atoms with Gasteiger partial charge in [0.2, 0.25) is 0 Å². The first-order valence-corrected chi connectivity index (χ1v) is 6.13. The van der Waals surface area contributed by atoms with Gasteiger partial charge in [-0.2, -0.15) is 0 Å². The van der Waals surface area contributed by atoms with Crippen LogP contribution in [-0.4, -0.2) is 46.3 Å². The van der Waals surface area contributed by atoms with Gasteiger partial charge in [0, 0.05) is 13.1 Å². The number of anilines is 2. The first kappa shape index (κ1) is 11.1. The molecule has 0 radical (unpaired) electrons. The maximum atomic E-state index is 11.2. The summed E-state index contributed by atoms with van der Waals surface area (Å²) in [6.45, 7) is 1.49. The van der Waals surface area contributed by atoms with E-state index < -0.39 is 6.09 Å². The van der Waals surface area contributed by atoms with Gasteiger partial charge in [0.05, 0.1) is 24.0 Å². The molecule has 6 nitrogen and oxygen atoms in total. The molecule has 0 aliphatic carbocycles. The summed E-state index contributed by atoms with van der Waals surface area (Å²) in [7, 11) is 0. The minimum atomic E-state index is -0.794. The maximum absolute atomic E-state index is 11.2. The van der Waals surface area contributed by atoms with Gasteiger partial charge in [-0.1, -0.05) is 0 Å². The van der Waals surface area contributed by atoms with Gasteiger partial charge >= 0.3 is 6.09 Å². The summed E-state index contributed by atoms with van der Waals surface area (Å²) in [6.07, 6.45) is 2.87. The Labute approximate surface area is 105 Å². The molecule has 3 rings (SSSR count). The highest BCUT2D eigenvalue weighted by molar-refractivity contribution is 5.67. The van der Waals surface area contributed by atoms with Crippen LogP contribution in [-0.2, 0) is 0 Å². The first-order chi connectivity index (χ1) is 8.65. The van der Waals surface area contributed by atoms with E-state index in [1.165, 1.54) is 0 Å². The number of nitrogens with zero attached hydrogens (tertiary/aromatic N) is 3. The third-order valence-corrected chi connectivity index (χ3v) is 3.84. The molecule has 2 atom stereocenters. The van der Waals surface area contributed by atoms with Crippen LogP contribution in [0.25, 0.3) is 0 Å². The molecule has 2 unspecified atom stereocenters. The van der Waals surface area contributed by atoms with Crippen LogP contribution in [0.3, 0.4) is 0 Å². The Morgan fingerprint density at radius 2 is 2.00 bits per heavy atom. The lowest BCUT2D eigenvalue weighted by Gasteiger charge is -2.40. The van der Waals surface area contributed by atoms with Crippen LogP contribution in [0.5, 0.6) is 0 Å². The van der Waals surface area contributed by atoms with Gasteiger partial charge in [-0.15, -0.1) is 0 Å². The molecule has 2 fully saturated rings. The van der Waals surface area contributed by atoms with Crippen molar-refractivity contribution in [2.24, 2.45) is 0 Å². The van der Waals surface area contributed by atoms with Crippen LogP contribution in [0.4, 0.5) is 16.3 Å². The number of rotatable bonds is 1. The number of hydrogen-bond donors (Lipinski definition) is 2. The van der Waals surface area contributed by atoms with Gasteiger partial charge in [0.1, 0.15) is 5.82 Å². The van der Waals surface area contributed by atoms with E-state index in [-0.39, 0.29) is 12.1 Å². The molecule has 2 aliphatic rings. The Morgan fingerprint density at radius 1 is 1.33 bits per heavy atom. The molecule has 2 bridgehead atoms. The molecule has 6 heteroatoms. The zero-order valence-electron chi connectivity index (χ0n) is 9.99. The quantitative estimate of drug-likeness (QED) is 0.774. The summed E-state index contributed by atoms with van der Waals surface area (Å²) in [4.78, 5) is 19.1. The molecular weight excluding hydrogens is 232 g/mol. The number of carboxylic acid groups (broad SMARTS) is 1. The summed E-state index contributed by atoms with van der Waals surface area (Å²) in [5, 5.41) is 9.19. The van der Waals surface area contributed by atoms with Crippen molar-refractivity contribution in [2.45, 2.75) is 24.9 Å². The number of pyridine rings is 1. The smallest absolute Gasteiger partial charge is 0.407 e. The second kappa shape index (κ2) is 4.04. The standard InChI is InChI=1S/C12H16N4O2/c13-11-4-3-8(5-14-11)15-6-9-1-2-10(7-15)16(9)12(17)18/h3-5,9-10H,1-2,6-7H2,(H2,13,14)(H,17,18). The predicted molar refractivity (Wildman–Crippen MR) is 67.5 cm³/mol. The van der Waals surface area contributed by atoms with Crippen LogP contribution < -0.4 is 10.6 Å². The fourth-order valence-electron chi connectivity index (χ4n) is 3.01. The molecule has 0 spiro atoms. The summed E-state index contributed by atoms with van der Waals surface area (Å²) < 4.78 is 0. The van der Waals surface area contributed by atoms with E-state index in [2.05, 4.69) is 9.88 Å². The maximum Gasteiger partial charge on any atom is 0.407 e. The number of piperazine rings is 1. The Morgan fingerprint density at radius 3 is 2.50 bits per heavy atom. The number of nitrogens with two attached hydrogens (primary N) is 1. The Hall–Kier alpha value is -1.98. The fraction of sp³-hybridized carbons (Fsp3) is 0.500. The summed E-state index contributed by atoms with van der Waals surface area (Å²) in [5.74, 6) is 0.505. The lowest BCUT2D eigenvalue weighted by atomic mass is 10.2. The van der Waals surface area contributed by atoms with Crippen molar-refractivity contribution in [3.05, 3.63) is 18.3 Å². The van der Waals surface area contributed by atoms with E-state index in [9.17, 15) is 9.90 Å². The van der Waals surface area contributed by atoms with E-state index in [0.717, 1.165) is 31.6 Å². The van der Waals surface area contributed by atoms with E-state index in [0.29, 0.717) is 5.82 Å². The second-order valence-corrected chi connectivity index (χ2v) is 4.92. The largest absolute Gasteiger partial charge is 0.465 e. The number of hydrogen-bond acceptors (Lipinski definition) is 4. The lowest BCUT2D eigenvalue weighted by Crippen LogP contribution is -2.55. The zero-order chi connectivity index (χ0) is 12.7. The van der Waals surface area contributed by atoms with E-state index >= 15 is 0 Å². The Balaban J connectivity index is 1.79. The highest BCUT2D eigenvalue weighted by Gasteiger charge is 2.42. The number of fused-ring (bicyclic) bond motifs is 2. The molecule has 2 saturated heterocycles. The Bertz CT molecular complexity index is 448. The molecule has 3 heterocycles. The van der Waals surface area contributed by atoms with Crippen LogP contribution in [0, 0.1) is 0 Å². The molecule has 1 aromatic rings. The Kier molecular flexibility index (Phi) is 2.50. The third-order valence-electron chi connectivity index (χ3n) is 3.84. The molecule has 0 aromatic carbocycles. The average Bonchev–Trinajstić information content (AvgIpc) is 2.62. The fourth-order valence-corrected chi connectivity index (χ4v) is 3.01. The lowest BCUT2D eigenvalue weighted by molar-refractivity contribution is 0.115. The van der Waals surface area contributed by atoms with Crippen LogP contribution in [0.1, 0.15) is 12.8 Å². The summed E-state index contributed by atoms with van der Waals surface area (Å²) in [5.41, 5.74) is 6.59. The first-order valence-electron chi connectivity index (χ1n) is 6.13. The van der Waals surface area contributed by atoms with Crippen LogP contribution >= 0.6 is 0 Å². The second-order valence-electron chi connectivity index (χ2n) is 4.92. The zero-order valence-corrected chi connectivity index (χ0v) is 9.99. The van der Waals surface area contributed by atoms with Crippen molar-refractivity contribution >= 4 is 17.6 Å². The number of amides is 1. The predicted octanol–water partition coefficient (Wildman–Crippen LogP) is 0.995. The normalized spacial score (nSPS) is 26.4. The average molecular weight is 248 g/mol. The van der Waals surface area contributed by atoms with E-state index in [1.54, 1.807) is 17.2 Å². The molecular formula is C12H16N4O2. The van der Waals surface area contributed by atoms with Gasteiger partial charge < -0.3 is 15.7 Å². The van der Waals surface area contributed by atoms with E-state index in [1.807, 2.05) is 6.07 Å². The van der Waals surface area contributed by atoms with Crippen molar-refractivity contribution in [2.75, 3.05) is 23.7 Å². The van der Waals surface area contributed by atoms with Crippen molar-refractivity contribution < 1.29 is 9.90 Å². The molecule has 1 amide bonds. The van der Waals surface area contributed by atoms with Crippen molar-refractivity contribution in [1.29, 1.82) is 0 Å². The SMILES string of the molecule is Nc1ccc(N2CC3CCC(C2)N3C(=O)O)cn1. The molecule has 2 aliphatic heterocycles. The van der Waals surface area contributed by atoms with E-state index in [4.69, 9.17) is 5.73 Å². The topological polar surface area (TPSA) is 82.7 Å². The summed E-state index contributed by atoms with van der Waals surface area (Å²) in [6, 6.07) is 3.94. The summed E-state index contributed by atoms with van der Waals surface area (Å²) >= 11 is 0. The van der Waals surface area contributed by atoms with Gasteiger partial charge in [0.25, 0.3) is 0 Å².